The smallest absolute Gasteiger partial charge is 0.200 e. The Morgan fingerprint density at radius 1 is 0.609 bits per heavy atom. The van der Waals surface area contributed by atoms with Crippen molar-refractivity contribution in [1.82, 2.24) is 0 Å². The molecule has 0 aromatic heterocycles. The van der Waals surface area contributed by atoms with Crippen molar-refractivity contribution >= 4 is 13.7 Å². The van der Waals surface area contributed by atoms with Gasteiger partial charge in [0.2, 0.25) is 0 Å². The Bertz CT molecular complexity index is 841. The molecular formula is C20H19O2P. The van der Waals surface area contributed by atoms with Gasteiger partial charge in [0.1, 0.15) is 0 Å². The highest BCUT2D eigenvalue weighted by Crippen LogP contribution is 2.39. The second-order valence-corrected chi connectivity index (χ2v) is 6.68. The minimum absolute atomic E-state index is 0.593. The predicted octanol–water partition coefficient (Wildman–Crippen LogP) is 4.56. The zero-order valence-electron chi connectivity index (χ0n) is 13.2. The summed E-state index contributed by atoms with van der Waals surface area (Å²) in [6, 6.07) is 22.0. The lowest BCUT2D eigenvalue weighted by molar-refractivity contribution is 0.497. The van der Waals surface area contributed by atoms with Crippen LogP contribution >= 0.6 is 8.38 Å². The van der Waals surface area contributed by atoms with E-state index < -0.39 is 8.38 Å². The van der Waals surface area contributed by atoms with Crippen LogP contribution in [0.25, 0.3) is 22.3 Å². The molecule has 3 rings (SSSR count). The van der Waals surface area contributed by atoms with E-state index in [1.807, 2.05) is 55.5 Å². The summed E-state index contributed by atoms with van der Waals surface area (Å²) in [5, 5.41) is 0.593. The highest BCUT2D eigenvalue weighted by Gasteiger charge is 2.18. The highest BCUT2D eigenvalue weighted by atomic mass is 31.2. The van der Waals surface area contributed by atoms with Crippen LogP contribution in [0.4, 0.5) is 0 Å². The summed E-state index contributed by atoms with van der Waals surface area (Å²) >= 11 is 0. The Kier molecular flexibility index (Phi) is 4.58. The molecule has 116 valence electrons. The first-order valence-corrected chi connectivity index (χ1v) is 8.77. The number of aryl methyl sites for hydroxylation is 2. The van der Waals surface area contributed by atoms with Gasteiger partial charge >= 0.3 is 0 Å². The van der Waals surface area contributed by atoms with E-state index in [0.29, 0.717) is 5.30 Å². The van der Waals surface area contributed by atoms with Crippen molar-refractivity contribution < 1.29 is 9.79 Å². The van der Waals surface area contributed by atoms with Gasteiger partial charge < -0.3 is 9.79 Å². The van der Waals surface area contributed by atoms with E-state index in [0.717, 1.165) is 27.8 Å². The molecule has 0 bridgehead atoms. The Labute approximate surface area is 138 Å². The molecular weight excluding hydrogens is 303 g/mol. The molecule has 0 aliphatic heterocycles. The monoisotopic (exact) mass is 322 g/mol. The average molecular weight is 322 g/mol. The number of hydrogen-bond donors (Lipinski definition) is 2. The molecule has 0 saturated carbocycles. The molecule has 0 atom stereocenters. The van der Waals surface area contributed by atoms with E-state index in [2.05, 4.69) is 19.1 Å². The molecule has 0 aliphatic carbocycles. The van der Waals surface area contributed by atoms with Crippen LogP contribution in [0, 0.1) is 13.8 Å². The topological polar surface area (TPSA) is 40.5 Å². The third-order valence-corrected chi connectivity index (χ3v) is 4.91. The van der Waals surface area contributed by atoms with Crippen molar-refractivity contribution in [2.75, 3.05) is 0 Å². The summed E-state index contributed by atoms with van der Waals surface area (Å²) in [6.07, 6.45) is 0. The third kappa shape index (κ3) is 3.07. The van der Waals surface area contributed by atoms with Crippen LogP contribution in [0.3, 0.4) is 0 Å². The lowest BCUT2D eigenvalue weighted by Crippen LogP contribution is -2.07. The minimum atomic E-state index is -2.17. The van der Waals surface area contributed by atoms with Crippen molar-refractivity contribution in [3.05, 3.63) is 77.9 Å². The van der Waals surface area contributed by atoms with E-state index in [1.165, 1.54) is 5.56 Å². The first-order chi connectivity index (χ1) is 11.1. The van der Waals surface area contributed by atoms with Crippen molar-refractivity contribution in [1.29, 1.82) is 0 Å². The summed E-state index contributed by atoms with van der Waals surface area (Å²) < 4.78 is 0. The molecule has 2 nitrogen and oxygen atoms in total. The Hall–Kier alpha value is -1.99. The van der Waals surface area contributed by atoms with E-state index in [-0.39, 0.29) is 0 Å². The maximum absolute atomic E-state index is 9.92. The molecule has 0 aliphatic rings. The van der Waals surface area contributed by atoms with Gasteiger partial charge in [0.15, 0.2) is 8.38 Å². The minimum Gasteiger partial charge on any atom is -0.347 e. The fourth-order valence-corrected chi connectivity index (χ4v) is 3.60. The molecule has 23 heavy (non-hydrogen) atoms. The van der Waals surface area contributed by atoms with E-state index >= 15 is 0 Å². The second kappa shape index (κ2) is 6.64. The molecule has 2 N–H and O–H groups in total. The van der Waals surface area contributed by atoms with Crippen molar-refractivity contribution in [3.63, 3.8) is 0 Å². The van der Waals surface area contributed by atoms with Crippen molar-refractivity contribution in [2.24, 2.45) is 0 Å². The lowest BCUT2D eigenvalue weighted by atomic mass is 9.90. The van der Waals surface area contributed by atoms with E-state index in [4.69, 9.17) is 0 Å². The van der Waals surface area contributed by atoms with Crippen LogP contribution in [0.1, 0.15) is 11.1 Å². The van der Waals surface area contributed by atoms with E-state index in [1.54, 1.807) is 6.07 Å². The quantitative estimate of drug-likeness (QED) is 0.694. The summed E-state index contributed by atoms with van der Waals surface area (Å²) in [5.41, 5.74) is 6.38. The zero-order chi connectivity index (χ0) is 16.4. The van der Waals surface area contributed by atoms with Crippen LogP contribution in [-0.4, -0.2) is 9.79 Å². The highest BCUT2D eigenvalue weighted by molar-refractivity contribution is 7.54. The van der Waals surface area contributed by atoms with Crippen LogP contribution < -0.4 is 5.30 Å². The molecule has 0 spiro atoms. The second-order valence-electron chi connectivity index (χ2n) is 5.62. The van der Waals surface area contributed by atoms with Crippen LogP contribution in [-0.2, 0) is 0 Å². The molecule has 0 radical (unpaired) electrons. The van der Waals surface area contributed by atoms with Gasteiger partial charge in [-0.15, -0.1) is 0 Å². The predicted molar refractivity (Wildman–Crippen MR) is 97.8 cm³/mol. The normalized spacial score (nSPS) is 11.0. The molecule has 0 amide bonds. The Morgan fingerprint density at radius 3 is 1.70 bits per heavy atom. The summed E-state index contributed by atoms with van der Waals surface area (Å²) in [5.74, 6) is 0. The standard InChI is InChI=1S/C20H19O2P/c1-14-8-3-5-10-16(14)18-12-7-13-19(23(21)22)20(18)17-11-6-4-9-15(17)2/h3-13,21-22H,1-2H3. The molecule has 0 fully saturated rings. The summed E-state index contributed by atoms with van der Waals surface area (Å²) in [6.45, 7) is 4.12. The lowest BCUT2D eigenvalue weighted by Gasteiger charge is -2.18. The van der Waals surface area contributed by atoms with Gasteiger partial charge in [-0.1, -0.05) is 60.7 Å². The maximum atomic E-state index is 9.92. The summed E-state index contributed by atoms with van der Waals surface area (Å²) in [7, 11) is -2.17. The van der Waals surface area contributed by atoms with Crippen molar-refractivity contribution in [3.8, 4) is 22.3 Å². The molecule has 3 aromatic rings. The summed E-state index contributed by atoms with van der Waals surface area (Å²) in [4.78, 5) is 19.8. The first-order valence-electron chi connectivity index (χ1n) is 7.52. The fraction of sp³-hybridized carbons (Fsp3) is 0.100. The molecule has 3 aromatic carbocycles. The SMILES string of the molecule is Cc1ccccc1-c1cccc(P(O)O)c1-c1ccccc1C. The Balaban J connectivity index is 2.36. The number of hydrogen-bond acceptors (Lipinski definition) is 2. The van der Waals surface area contributed by atoms with Crippen LogP contribution in [0.2, 0.25) is 0 Å². The van der Waals surface area contributed by atoms with Crippen LogP contribution in [0.15, 0.2) is 66.7 Å². The third-order valence-electron chi connectivity index (χ3n) is 4.11. The molecule has 0 saturated heterocycles. The molecule has 0 unspecified atom stereocenters. The molecule has 0 heterocycles. The first kappa shape index (κ1) is 15.9. The largest absolute Gasteiger partial charge is 0.347 e. The average Bonchev–Trinajstić information content (AvgIpc) is 2.55. The van der Waals surface area contributed by atoms with Gasteiger partial charge in [0.05, 0.1) is 0 Å². The zero-order valence-corrected chi connectivity index (χ0v) is 14.1. The number of rotatable bonds is 3. The van der Waals surface area contributed by atoms with E-state index in [9.17, 15) is 9.79 Å². The molecule has 3 heteroatoms. The van der Waals surface area contributed by atoms with Gasteiger partial charge in [0, 0.05) is 10.9 Å². The Morgan fingerprint density at radius 2 is 1.13 bits per heavy atom. The van der Waals surface area contributed by atoms with Crippen LogP contribution in [0.5, 0.6) is 0 Å². The van der Waals surface area contributed by atoms with Crippen molar-refractivity contribution in [2.45, 2.75) is 13.8 Å². The van der Waals surface area contributed by atoms with Gasteiger partial charge in [0.25, 0.3) is 0 Å². The number of benzene rings is 3. The van der Waals surface area contributed by atoms with Gasteiger partial charge in [-0.3, -0.25) is 0 Å². The fourth-order valence-electron chi connectivity index (χ4n) is 2.94. The maximum Gasteiger partial charge on any atom is 0.200 e. The van der Waals surface area contributed by atoms with Gasteiger partial charge in [-0.25, -0.2) is 0 Å². The van der Waals surface area contributed by atoms with Gasteiger partial charge in [-0.05, 0) is 47.7 Å². The van der Waals surface area contributed by atoms with Gasteiger partial charge in [-0.2, -0.15) is 0 Å².